The van der Waals surface area contributed by atoms with Crippen LogP contribution in [0.25, 0.3) is 0 Å². The van der Waals surface area contributed by atoms with Crippen LogP contribution in [0.1, 0.15) is 32.8 Å². The maximum absolute atomic E-state index is 12.3. The van der Waals surface area contributed by atoms with E-state index in [0.29, 0.717) is 23.6 Å². The zero-order chi connectivity index (χ0) is 15.3. The van der Waals surface area contributed by atoms with E-state index < -0.39 is 10.0 Å². The fourth-order valence-corrected chi connectivity index (χ4v) is 3.85. The van der Waals surface area contributed by atoms with Gasteiger partial charge in [0.15, 0.2) is 0 Å². The monoisotopic (exact) mass is 338 g/mol. The molecule has 0 amide bonds. The van der Waals surface area contributed by atoms with Gasteiger partial charge in [0.1, 0.15) is 4.90 Å². The molecule has 2 N–H and O–H groups in total. The Kier molecular flexibility index (Phi) is 6.75. The van der Waals surface area contributed by atoms with Crippen LogP contribution >= 0.6 is 23.2 Å². The molecule has 1 unspecified atom stereocenters. The van der Waals surface area contributed by atoms with Crippen LogP contribution in [0.4, 0.5) is 0 Å². The highest BCUT2D eigenvalue weighted by atomic mass is 35.5. The lowest BCUT2D eigenvalue weighted by atomic mass is 10.2. The van der Waals surface area contributed by atoms with Crippen LogP contribution in [-0.4, -0.2) is 21.0 Å². The molecule has 0 saturated heterocycles. The molecule has 0 aliphatic heterocycles. The molecule has 1 aromatic rings. The van der Waals surface area contributed by atoms with Gasteiger partial charge in [0, 0.05) is 23.2 Å². The zero-order valence-corrected chi connectivity index (χ0v) is 14.2. The van der Waals surface area contributed by atoms with Crippen molar-refractivity contribution in [1.29, 1.82) is 0 Å². The van der Waals surface area contributed by atoms with Crippen LogP contribution in [0.5, 0.6) is 0 Å². The lowest BCUT2D eigenvalue weighted by Crippen LogP contribution is -2.32. The Bertz CT molecular complexity index is 562. The minimum absolute atomic E-state index is 0.0665. The largest absolute Gasteiger partial charge is 0.313 e. The van der Waals surface area contributed by atoms with Crippen LogP contribution in [0.2, 0.25) is 10.0 Å². The minimum atomic E-state index is -3.63. The molecule has 0 aliphatic carbocycles. The molecule has 0 aromatic heterocycles. The van der Waals surface area contributed by atoms with Crippen LogP contribution in [0.3, 0.4) is 0 Å². The molecule has 7 heteroatoms. The summed E-state index contributed by atoms with van der Waals surface area (Å²) in [5.74, 6) is 0. The smallest absolute Gasteiger partial charge is 0.242 e. The van der Waals surface area contributed by atoms with Crippen molar-refractivity contribution >= 4 is 33.2 Å². The van der Waals surface area contributed by atoms with Crippen LogP contribution in [-0.2, 0) is 16.6 Å². The first-order valence-electron chi connectivity index (χ1n) is 6.53. The second-order valence-electron chi connectivity index (χ2n) is 4.55. The molecule has 1 rings (SSSR count). The van der Waals surface area contributed by atoms with E-state index in [4.69, 9.17) is 23.2 Å². The number of hydrogen-bond acceptors (Lipinski definition) is 3. The average molecular weight is 339 g/mol. The number of nitrogens with one attached hydrogen (secondary N) is 2. The predicted octanol–water partition coefficient (Wildman–Crippen LogP) is 3.18. The summed E-state index contributed by atoms with van der Waals surface area (Å²) in [6.07, 6.45) is 0.703. The third-order valence-electron chi connectivity index (χ3n) is 2.96. The maximum atomic E-state index is 12.3. The van der Waals surface area contributed by atoms with Crippen molar-refractivity contribution < 1.29 is 8.42 Å². The van der Waals surface area contributed by atoms with E-state index in [1.807, 2.05) is 13.8 Å². The maximum Gasteiger partial charge on any atom is 0.242 e. The van der Waals surface area contributed by atoms with E-state index in [2.05, 4.69) is 10.0 Å². The Labute approximate surface area is 130 Å². The number of rotatable bonds is 7. The van der Waals surface area contributed by atoms with Gasteiger partial charge in [0.25, 0.3) is 0 Å². The molecular weight excluding hydrogens is 319 g/mol. The van der Waals surface area contributed by atoms with Gasteiger partial charge in [-0.3, -0.25) is 0 Å². The second kappa shape index (κ2) is 7.61. The van der Waals surface area contributed by atoms with Crippen molar-refractivity contribution in [3.8, 4) is 0 Å². The topological polar surface area (TPSA) is 58.2 Å². The first-order chi connectivity index (χ1) is 9.33. The highest BCUT2D eigenvalue weighted by Crippen LogP contribution is 2.31. The summed E-state index contributed by atoms with van der Waals surface area (Å²) in [5, 5.41) is 3.72. The molecule has 1 aromatic carbocycles. The Morgan fingerprint density at radius 1 is 1.25 bits per heavy atom. The molecule has 4 nitrogen and oxygen atoms in total. The number of hydrogen-bond donors (Lipinski definition) is 2. The van der Waals surface area contributed by atoms with E-state index in [1.165, 1.54) is 6.07 Å². The van der Waals surface area contributed by atoms with E-state index in [9.17, 15) is 8.42 Å². The van der Waals surface area contributed by atoms with Crippen LogP contribution < -0.4 is 10.0 Å². The quantitative estimate of drug-likeness (QED) is 0.802. The van der Waals surface area contributed by atoms with Gasteiger partial charge in [-0.25, -0.2) is 13.1 Å². The Hall–Kier alpha value is -0.330. The van der Waals surface area contributed by atoms with Crippen molar-refractivity contribution in [3.63, 3.8) is 0 Å². The van der Waals surface area contributed by atoms with Gasteiger partial charge in [-0.1, -0.05) is 37.0 Å². The SMILES string of the molecule is CCNCc1c(Cl)ccc(S(=O)(=O)NC(C)CC)c1Cl. The van der Waals surface area contributed by atoms with Crippen LogP contribution in [0, 0.1) is 0 Å². The van der Waals surface area contributed by atoms with Gasteiger partial charge in [0.2, 0.25) is 10.0 Å². The molecule has 20 heavy (non-hydrogen) atoms. The van der Waals surface area contributed by atoms with Gasteiger partial charge in [-0.15, -0.1) is 0 Å². The number of halogens is 2. The average Bonchev–Trinajstić information content (AvgIpc) is 2.37. The van der Waals surface area contributed by atoms with Crippen LogP contribution in [0.15, 0.2) is 17.0 Å². The fraction of sp³-hybridized carbons (Fsp3) is 0.538. The zero-order valence-electron chi connectivity index (χ0n) is 11.8. The highest BCUT2D eigenvalue weighted by molar-refractivity contribution is 7.89. The molecule has 0 radical (unpaired) electrons. The Morgan fingerprint density at radius 3 is 2.45 bits per heavy atom. The van der Waals surface area contributed by atoms with E-state index in [-0.39, 0.29) is 16.0 Å². The molecule has 0 spiro atoms. The third-order valence-corrected chi connectivity index (χ3v) is 5.49. The molecule has 1 atom stereocenters. The third kappa shape index (κ3) is 4.33. The van der Waals surface area contributed by atoms with Gasteiger partial charge in [-0.05, 0) is 32.0 Å². The van der Waals surface area contributed by atoms with Gasteiger partial charge in [-0.2, -0.15) is 0 Å². The first-order valence-corrected chi connectivity index (χ1v) is 8.77. The van der Waals surface area contributed by atoms with Crippen molar-refractivity contribution in [1.82, 2.24) is 10.0 Å². The van der Waals surface area contributed by atoms with E-state index >= 15 is 0 Å². The molecular formula is C13H20Cl2N2O2S. The van der Waals surface area contributed by atoms with Gasteiger partial charge >= 0.3 is 0 Å². The van der Waals surface area contributed by atoms with Crippen molar-refractivity contribution in [2.24, 2.45) is 0 Å². The lowest BCUT2D eigenvalue weighted by Gasteiger charge is -2.15. The second-order valence-corrected chi connectivity index (χ2v) is 7.02. The van der Waals surface area contributed by atoms with Crippen molar-refractivity contribution in [2.75, 3.05) is 6.54 Å². The normalized spacial score (nSPS) is 13.4. The molecule has 114 valence electrons. The van der Waals surface area contributed by atoms with Crippen molar-refractivity contribution in [2.45, 2.75) is 44.7 Å². The van der Waals surface area contributed by atoms with E-state index in [0.717, 1.165) is 6.54 Å². The number of benzene rings is 1. The highest BCUT2D eigenvalue weighted by Gasteiger charge is 2.22. The number of sulfonamides is 1. The molecule has 0 saturated carbocycles. The standard InChI is InChI=1S/C13H20Cl2N2O2S/c1-4-9(3)17-20(18,19)12-7-6-11(14)10(13(12)15)8-16-5-2/h6-7,9,16-17H,4-5,8H2,1-3H3. The van der Waals surface area contributed by atoms with Gasteiger partial charge < -0.3 is 5.32 Å². The van der Waals surface area contributed by atoms with Crippen molar-refractivity contribution in [3.05, 3.63) is 27.7 Å². The Morgan fingerprint density at radius 2 is 1.90 bits per heavy atom. The first kappa shape index (κ1) is 17.7. The molecule has 0 bridgehead atoms. The summed E-state index contributed by atoms with van der Waals surface area (Å²) < 4.78 is 27.2. The summed E-state index contributed by atoms with van der Waals surface area (Å²) in [4.78, 5) is 0.0665. The predicted molar refractivity (Wildman–Crippen MR) is 83.9 cm³/mol. The fourth-order valence-electron chi connectivity index (χ4n) is 1.61. The Balaban J connectivity index is 3.19. The van der Waals surface area contributed by atoms with Gasteiger partial charge in [0.05, 0.1) is 5.02 Å². The summed E-state index contributed by atoms with van der Waals surface area (Å²) in [5.41, 5.74) is 0.599. The van der Waals surface area contributed by atoms with E-state index in [1.54, 1.807) is 13.0 Å². The summed E-state index contributed by atoms with van der Waals surface area (Å²) in [6, 6.07) is 2.85. The lowest BCUT2D eigenvalue weighted by molar-refractivity contribution is 0.555. The molecule has 0 heterocycles. The summed E-state index contributed by atoms with van der Waals surface area (Å²) in [7, 11) is -3.63. The summed E-state index contributed by atoms with van der Waals surface area (Å²) >= 11 is 12.3. The summed E-state index contributed by atoms with van der Waals surface area (Å²) in [6.45, 7) is 6.84. The molecule has 0 aliphatic rings. The minimum Gasteiger partial charge on any atom is -0.313 e. The molecule has 0 fully saturated rings.